The zero-order chi connectivity index (χ0) is 21.6. The molecule has 0 bridgehead atoms. The number of aromatic nitrogens is 4. The van der Waals surface area contributed by atoms with Crippen molar-refractivity contribution in [2.45, 2.75) is 5.16 Å². The Morgan fingerprint density at radius 2 is 1.65 bits per heavy atom. The van der Waals surface area contributed by atoms with Gasteiger partial charge in [-0.05, 0) is 46.8 Å². The summed E-state index contributed by atoms with van der Waals surface area (Å²) in [6.45, 7) is 0. The van der Waals surface area contributed by atoms with Crippen molar-refractivity contribution in [2.75, 3.05) is 11.1 Å². The summed E-state index contributed by atoms with van der Waals surface area (Å²) in [4.78, 5) is 25.4. The van der Waals surface area contributed by atoms with Crippen LogP contribution in [-0.4, -0.2) is 37.7 Å². The fraction of sp³-hybridized carbons (Fsp3) is 0.0455. The number of carbonyl (C=O) groups is 2. The molecule has 0 spiro atoms. The van der Waals surface area contributed by atoms with Crippen LogP contribution in [0.3, 0.4) is 0 Å². The van der Waals surface area contributed by atoms with Crippen LogP contribution in [0.25, 0.3) is 5.69 Å². The highest BCUT2D eigenvalue weighted by molar-refractivity contribution is 7.99. The van der Waals surface area contributed by atoms with Gasteiger partial charge in [-0.2, -0.15) is 4.68 Å². The normalized spacial score (nSPS) is 10.6. The average molecular weight is 450 g/mol. The van der Waals surface area contributed by atoms with Crippen molar-refractivity contribution in [2.24, 2.45) is 0 Å². The summed E-state index contributed by atoms with van der Waals surface area (Å²) in [6, 6.07) is 22.9. The smallest absolute Gasteiger partial charge is 0.234 e. The third kappa shape index (κ3) is 4.99. The molecule has 4 rings (SSSR count). The lowest BCUT2D eigenvalue weighted by molar-refractivity contribution is -0.113. The molecule has 1 heterocycles. The largest absolute Gasteiger partial charge is 0.325 e. The molecular weight excluding hydrogens is 434 g/mol. The quantitative estimate of drug-likeness (QED) is 0.334. The SMILES string of the molecule is O=C(CSc1nnnn1-c1ccc(Cl)cc1)Nc1ccccc1C(=O)c1ccccc1. The lowest BCUT2D eigenvalue weighted by Gasteiger charge is -2.10. The number of halogens is 1. The van der Waals surface area contributed by atoms with Crippen LogP contribution in [-0.2, 0) is 4.79 Å². The fourth-order valence-electron chi connectivity index (χ4n) is 2.86. The minimum absolute atomic E-state index is 0.0713. The summed E-state index contributed by atoms with van der Waals surface area (Å²) in [6.07, 6.45) is 0. The van der Waals surface area contributed by atoms with Crippen LogP contribution in [0.5, 0.6) is 0 Å². The number of ketones is 1. The second kappa shape index (κ2) is 9.55. The molecule has 7 nitrogen and oxygen atoms in total. The lowest BCUT2D eigenvalue weighted by Crippen LogP contribution is -2.17. The molecule has 0 aliphatic carbocycles. The number of tetrazole rings is 1. The predicted octanol–water partition coefficient (Wildman–Crippen LogP) is 4.28. The molecule has 1 amide bonds. The molecule has 0 saturated carbocycles. The van der Waals surface area contributed by atoms with Crippen LogP contribution < -0.4 is 5.32 Å². The van der Waals surface area contributed by atoms with Crippen molar-refractivity contribution in [1.29, 1.82) is 0 Å². The number of hydrogen-bond donors (Lipinski definition) is 1. The van der Waals surface area contributed by atoms with E-state index < -0.39 is 0 Å². The lowest BCUT2D eigenvalue weighted by atomic mass is 10.0. The van der Waals surface area contributed by atoms with E-state index in [1.54, 1.807) is 72.8 Å². The third-order valence-electron chi connectivity index (χ3n) is 4.33. The fourth-order valence-corrected chi connectivity index (χ4v) is 3.68. The van der Waals surface area contributed by atoms with E-state index in [0.717, 1.165) is 5.69 Å². The molecule has 31 heavy (non-hydrogen) atoms. The highest BCUT2D eigenvalue weighted by Gasteiger charge is 2.16. The first-order chi connectivity index (χ1) is 15.1. The highest BCUT2D eigenvalue weighted by Crippen LogP contribution is 2.22. The van der Waals surface area contributed by atoms with E-state index in [0.29, 0.717) is 27.0 Å². The molecular formula is C22H16ClN5O2S. The van der Waals surface area contributed by atoms with Gasteiger partial charge in [-0.25, -0.2) is 0 Å². The Hall–Kier alpha value is -3.49. The first-order valence-corrected chi connectivity index (χ1v) is 10.6. The van der Waals surface area contributed by atoms with E-state index in [9.17, 15) is 9.59 Å². The molecule has 0 fully saturated rings. The van der Waals surface area contributed by atoms with Crippen molar-refractivity contribution in [3.63, 3.8) is 0 Å². The van der Waals surface area contributed by atoms with Gasteiger partial charge in [0.25, 0.3) is 0 Å². The molecule has 1 N–H and O–H groups in total. The number of para-hydroxylation sites is 1. The van der Waals surface area contributed by atoms with Gasteiger partial charge in [0.1, 0.15) is 0 Å². The standard InChI is InChI=1S/C22H16ClN5O2S/c23-16-10-12-17(13-11-16)28-22(25-26-27-28)31-14-20(29)24-19-9-5-4-8-18(19)21(30)15-6-2-1-3-7-15/h1-13H,14H2,(H,24,29). The number of benzene rings is 3. The van der Waals surface area contributed by atoms with Crippen LogP contribution in [0, 0.1) is 0 Å². The topological polar surface area (TPSA) is 89.8 Å². The second-order valence-electron chi connectivity index (χ2n) is 6.43. The van der Waals surface area contributed by atoms with Gasteiger partial charge in [0.15, 0.2) is 5.78 Å². The van der Waals surface area contributed by atoms with Crippen LogP contribution in [0.2, 0.25) is 5.02 Å². The van der Waals surface area contributed by atoms with Gasteiger partial charge in [-0.3, -0.25) is 9.59 Å². The Labute approximate surface area is 187 Å². The van der Waals surface area contributed by atoms with Crippen molar-refractivity contribution in [1.82, 2.24) is 20.2 Å². The second-order valence-corrected chi connectivity index (χ2v) is 7.81. The Kier molecular flexibility index (Phi) is 6.40. The van der Waals surface area contributed by atoms with Gasteiger partial charge < -0.3 is 5.32 Å². The van der Waals surface area contributed by atoms with Crippen molar-refractivity contribution in [3.8, 4) is 5.69 Å². The Balaban J connectivity index is 1.45. The Bertz CT molecular complexity index is 1210. The molecule has 4 aromatic rings. The first kappa shape index (κ1) is 20.8. The van der Waals surface area contributed by atoms with E-state index in [-0.39, 0.29) is 17.4 Å². The number of amides is 1. The molecule has 0 unspecified atom stereocenters. The number of nitrogens with one attached hydrogen (secondary N) is 1. The van der Waals surface area contributed by atoms with E-state index in [1.807, 2.05) is 6.07 Å². The van der Waals surface area contributed by atoms with Gasteiger partial charge in [0.05, 0.1) is 17.1 Å². The predicted molar refractivity (Wildman–Crippen MR) is 120 cm³/mol. The maximum Gasteiger partial charge on any atom is 0.234 e. The van der Waals surface area contributed by atoms with E-state index in [1.165, 1.54) is 16.4 Å². The van der Waals surface area contributed by atoms with Crippen LogP contribution in [0.4, 0.5) is 5.69 Å². The summed E-state index contributed by atoms with van der Waals surface area (Å²) in [5.41, 5.74) is 2.18. The molecule has 0 aliphatic rings. The van der Waals surface area contributed by atoms with Gasteiger partial charge in [-0.15, -0.1) is 5.10 Å². The molecule has 0 aliphatic heterocycles. The van der Waals surface area contributed by atoms with Crippen LogP contribution in [0.15, 0.2) is 84.0 Å². The first-order valence-electron chi connectivity index (χ1n) is 9.27. The maximum absolute atomic E-state index is 12.8. The summed E-state index contributed by atoms with van der Waals surface area (Å²) >= 11 is 7.11. The summed E-state index contributed by atoms with van der Waals surface area (Å²) in [5.74, 6) is -0.359. The van der Waals surface area contributed by atoms with Crippen LogP contribution >= 0.6 is 23.4 Å². The minimum Gasteiger partial charge on any atom is -0.325 e. The Morgan fingerprint density at radius 3 is 2.42 bits per heavy atom. The summed E-state index contributed by atoms with van der Waals surface area (Å²) in [7, 11) is 0. The number of hydrogen-bond acceptors (Lipinski definition) is 6. The monoisotopic (exact) mass is 449 g/mol. The molecule has 0 saturated heterocycles. The number of nitrogens with zero attached hydrogens (tertiary/aromatic N) is 4. The molecule has 9 heteroatoms. The number of anilines is 1. The van der Waals surface area contributed by atoms with E-state index >= 15 is 0 Å². The van der Waals surface area contributed by atoms with Gasteiger partial charge in [0.2, 0.25) is 11.1 Å². The van der Waals surface area contributed by atoms with E-state index in [2.05, 4.69) is 20.8 Å². The summed E-state index contributed by atoms with van der Waals surface area (Å²) < 4.78 is 1.53. The molecule has 0 radical (unpaired) electrons. The van der Waals surface area contributed by atoms with E-state index in [4.69, 9.17) is 11.6 Å². The average Bonchev–Trinajstić information content (AvgIpc) is 3.27. The van der Waals surface area contributed by atoms with Gasteiger partial charge in [-0.1, -0.05) is 65.8 Å². The number of rotatable bonds is 7. The van der Waals surface area contributed by atoms with Crippen molar-refractivity contribution < 1.29 is 9.59 Å². The van der Waals surface area contributed by atoms with Gasteiger partial charge >= 0.3 is 0 Å². The van der Waals surface area contributed by atoms with Crippen molar-refractivity contribution >= 4 is 40.7 Å². The molecule has 154 valence electrons. The van der Waals surface area contributed by atoms with Crippen LogP contribution in [0.1, 0.15) is 15.9 Å². The molecule has 1 aromatic heterocycles. The maximum atomic E-state index is 12.8. The molecule has 3 aromatic carbocycles. The minimum atomic E-state index is -0.274. The zero-order valence-electron chi connectivity index (χ0n) is 16.1. The third-order valence-corrected chi connectivity index (χ3v) is 5.50. The summed E-state index contributed by atoms with van der Waals surface area (Å²) in [5, 5.41) is 15.5. The number of carbonyl (C=O) groups excluding carboxylic acids is 2. The Morgan fingerprint density at radius 1 is 0.935 bits per heavy atom. The molecule has 0 atom stereocenters. The van der Waals surface area contributed by atoms with Gasteiger partial charge in [0, 0.05) is 16.1 Å². The number of thioether (sulfide) groups is 1. The highest BCUT2D eigenvalue weighted by atomic mass is 35.5. The zero-order valence-corrected chi connectivity index (χ0v) is 17.7. The van der Waals surface area contributed by atoms with Crippen molar-refractivity contribution in [3.05, 3.63) is 95.0 Å².